The van der Waals surface area contributed by atoms with E-state index in [1.165, 1.54) is 0 Å². The van der Waals surface area contributed by atoms with Crippen LogP contribution in [0.5, 0.6) is 0 Å². The van der Waals surface area contributed by atoms with Gasteiger partial charge in [0.2, 0.25) is 0 Å². The highest BCUT2D eigenvalue weighted by Crippen LogP contribution is 2.18. The van der Waals surface area contributed by atoms with Gasteiger partial charge < -0.3 is 11.1 Å². The Morgan fingerprint density at radius 3 is 2.57 bits per heavy atom. The highest BCUT2D eigenvalue weighted by molar-refractivity contribution is 6.29. The smallest absolute Gasteiger partial charge is 0.133 e. The Hall–Kier alpha value is -0.960. The summed E-state index contributed by atoms with van der Waals surface area (Å²) in [5.41, 5.74) is 6.47. The van der Waals surface area contributed by atoms with Gasteiger partial charge in [-0.2, -0.15) is 0 Å². The van der Waals surface area contributed by atoms with Gasteiger partial charge in [0.25, 0.3) is 0 Å². The molecule has 0 saturated carbocycles. The Bertz CT molecular complexity index is 297. The Morgan fingerprint density at radius 2 is 2.07 bits per heavy atom. The molecule has 1 aromatic rings. The van der Waals surface area contributed by atoms with Crippen LogP contribution in [-0.2, 0) is 0 Å². The van der Waals surface area contributed by atoms with E-state index < -0.39 is 0 Å². The van der Waals surface area contributed by atoms with Crippen molar-refractivity contribution < 1.29 is 0 Å². The van der Waals surface area contributed by atoms with E-state index in [2.05, 4.69) is 31.1 Å². The van der Waals surface area contributed by atoms with E-state index in [0.29, 0.717) is 10.8 Å². The fraction of sp³-hybridized carbons (Fsp3) is 0.500. The SMILES string of the molecule is CC(C)(C)CNc1cc(N)cc(Cl)n1. The zero-order valence-electron chi connectivity index (χ0n) is 8.76. The Morgan fingerprint density at radius 1 is 1.43 bits per heavy atom. The first kappa shape index (κ1) is 11.1. The van der Waals surface area contributed by atoms with Crippen molar-refractivity contribution >= 4 is 23.1 Å². The van der Waals surface area contributed by atoms with Gasteiger partial charge in [-0.05, 0) is 11.5 Å². The van der Waals surface area contributed by atoms with Crippen LogP contribution in [0.2, 0.25) is 5.15 Å². The molecule has 3 N–H and O–H groups in total. The third kappa shape index (κ3) is 3.83. The second-order valence-corrected chi connectivity index (χ2v) is 4.91. The van der Waals surface area contributed by atoms with Crippen molar-refractivity contribution in [1.29, 1.82) is 0 Å². The van der Waals surface area contributed by atoms with Gasteiger partial charge in [-0.1, -0.05) is 32.4 Å². The molecule has 3 nitrogen and oxygen atoms in total. The highest BCUT2D eigenvalue weighted by atomic mass is 35.5. The number of pyridine rings is 1. The molecule has 0 aliphatic rings. The molecule has 0 aromatic carbocycles. The average Bonchev–Trinajstić information content (AvgIpc) is 1.97. The molecule has 0 spiro atoms. The zero-order chi connectivity index (χ0) is 10.8. The predicted octanol–water partition coefficient (Wildman–Crippen LogP) is 2.78. The van der Waals surface area contributed by atoms with Crippen LogP contribution < -0.4 is 11.1 Å². The molecule has 0 aliphatic carbocycles. The van der Waals surface area contributed by atoms with E-state index in [0.717, 1.165) is 12.4 Å². The number of nitrogens with one attached hydrogen (secondary N) is 1. The third-order valence-electron chi connectivity index (χ3n) is 1.62. The Labute approximate surface area is 89.7 Å². The van der Waals surface area contributed by atoms with Gasteiger partial charge in [0.05, 0.1) is 0 Å². The fourth-order valence-electron chi connectivity index (χ4n) is 0.963. The molecule has 0 saturated heterocycles. The van der Waals surface area contributed by atoms with Crippen molar-refractivity contribution in [3.8, 4) is 0 Å². The highest BCUT2D eigenvalue weighted by Gasteiger charge is 2.10. The van der Waals surface area contributed by atoms with Crippen molar-refractivity contribution in [2.24, 2.45) is 5.41 Å². The third-order valence-corrected chi connectivity index (χ3v) is 1.81. The molecule has 0 fully saturated rings. The lowest BCUT2D eigenvalue weighted by molar-refractivity contribution is 0.442. The van der Waals surface area contributed by atoms with Gasteiger partial charge in [0, 0.05) is 18.3 Å². The normalized spacial score (nSPS) is 11.4. The van der Waals surface area contributed by atoms with Crippen LogP contribution in [0.3, 0.4) is 0 Å². The fourth-order valence-corrected chi connectivity index (χ4v) is 1.18. The van der Waals surface area contributed by atoms with Crippen LogP contribution in [0, 0.1) is 5.41 Å². The van der Waals surface area contributed by atoms with Crippen LogP contribution in [0.4, 0.5) is 11.5 Å². The van der Waals surface area contributed by atoms with Gasteiger partial charge in [-0.3, -0.25) is 0 Å². The summed E-state index contributed by atoms with van der Waals surface area (Å²) in [5.74, 6) is 0.727. The van der Waals surface area contributed by atoms with E-state index in [1.54, 1.807) is 12.1 Å². The first-order valence-electron chi connectivity index (χ1n) is 4.54. The number of hydrogen-bond acceptors (Lipinski definition) is 3. The standard InChI is InChI=1S/C10H16ClN3/c1-10(2,3)6-13-9-5-7(12)4-8(11)14-9/h4-5H,6H2,1-3H3,(H3,12,13,14). The summed E-state index contributed by atoms with van der Waals surface area (Å²) >= 11 is 5.77. The van der Waals surface area contributed by atoms with Crippen molar-refractivity contribution in [3.63, 3.8) is 0 Å². The maximum Gasteiger partial charge on any atom is 0.133 e. The molecule has 0 radical (unpaired) electrons. The lowest BCUT2D eigenvalue weighted by Crippen LogP contribution is -2.19. The second-order valence-electron chi connectivity index (χ2n) is 4.52. The van der Waals surface area contributed by atoms with Crippen molar-refractivity contribution in [2.45, 2.75) is 20.8 Å². The number of nitrogens with two attached hydrogens (primary N) is 1. The summed E-state index contributed by atoms with van der Waals surface area (Å²) in [6.45, 7) is 7.27. The quantitative estimate of drug-likeness (QED) is 0.743. The molecule has 14 heavy (non-hydrogen) atoms. The Balaban J connectivity index is 2.68. The number of halogens is 1. The van der Waals surface area contributed by atoms with E-state index >= 15 is 0 Å². The minimum Gasteiger partial charge on any atom is -0.399 e. The molecule has 78 valence electrons. The molecule has 0 amide bonds. The number of aromatic nitrogens is 1. The molecule has 1 rings (SSSR count). The number of nitrogen functional groups attached to an aromatic ring is 1. The summed E-state index contributed by atoms with van der Waals surface area (Å²) in [4.78, 5) is 4.11. The number of rotatable bonds is 2. The second kappa shape index (κ2) is 4.05. The zero-order valence-corrected chi connectivity index (χ0v) is 9.52. The summed E-state index contributed by atoms with van der Waals surface area (Å²) < 4.78 is 0. The van der Waals surface area contributed by atoms with Crippen LogP contribution in [-0.4, -0.2) is 11.5 Å². The maximum absolute atomic E-state index is 5.77. The number of anilines is 2. The van der Waals surface area contributed by atoms with E-state index in [-0.39, 0.29) is 5.41 Å². The van der Waals surface area contributed by atoms with Crippen molar-refractivity contribution in [1.82, 2.24) is 4.98 Å². The largest absolute Gasteiger partial charge is 0.399 e. The minimum absolute atomic E-state index is 0.207. The Kier molecular flexibility index (Phi) is 3.21. The average molecular weight is 214 g/mol. The summed E-state index contributed by atoms with van der Waals surface area (Å²) in [5, 5.41) is 3.61. The van der Waals surface area contributed by atoms with Gasteiger partial charge in [-0.25, -0.2) is 4.98 Å². The molecule has 0 unspecified atom stereocenters. The van der Waals surface area contributed by atoms with Gasteiger partial charge >= 0.3 is 0 Å². The summed E-state index contributed by atoms with van der Waals surface area (Å²) in [7, 11) is 0. The summed E-state index contributed by atoms with van der Waals surface area (Å²) in [6, 6.07) is 3.40. The molecule has 4 heteroatoms. The molecule has 0 aliphatic heterocycles. The van der Waals surface area contributed by atoms with E-state index in [9.17, 15) is 0 Å². The molecule has 0 bridgehead atoms. The number of hydrogen-bond donors (Lipinski definition) is 2. The molecular weight excluding hydrogens is 198 g/mol. The first-order valence-corrected chi connectivity index (χ1v) is 4.91. The van der Waals surface area contributed by atoms with Crippen LogP contribution in [0.1, 0.15) is 20.8 Å². The van der Waals surface area contributed by atoms with E-state index in [1.807, 2.05) is 0 Å². The lowest BCUT2D eigenvalue weighted by Gasteiger charge is -2.19. The van der Waals surface area contributed by atoms with Gasteiger partial charge in [0.1, 0.15) is 11.0 Å². The van der Waals surface area contributed by atoms with Gasteiger partial charge in [0.15, 0.2) is 0 Å². The first-order chi connectivity index (χ1) is 6.37. The van der Waals surface area contributed by atoms with Crippen molar-refractivity contribution in [2.75, 3.05) is 17.6 Å². The lowest BCUT2D eigenvalue weighted by atomic mass is 9.97. The monoisotopic (exact) mass is 213 g/mol. The minimum atomic E-state index is 0.207. The van der Waals surface area contributed by atoms with Gasteiger partial charge in [-0.15, -0.1) is 0 Å². The van der Waals surface area contributed by atoms with E-state index in [4.69, 9.17) is 17.3 Å². The van der Waals surface area contributed by atoms with Crippen LogP contribution in [0.25, 0.3) is 0 Å². The van der Waals surface area contributed by atoms with Crippen LogP contribution >= 0.6 is 11.6 Å². The molecule has 1 aromatic heterocycles. The van der Waals surface area contributed by atoms with Crippen LogP contribution in [0.15, 0.2) is 12.1 Å². The molecule has 0 atom stereocenters. The topological polar surface area (TPSA) is 50.9 Å². The molecular formula is C10H16ClN3. The molecule has 1 heterocycles. The predicted molar refractivity (Wildman–Crippen MR) is 61.6 cm³/mol. The number of nitrogens with zero attached hydrogens (tertiary/aromatic N) is 1. The summed E-state index contributed by atoms with van der Waals surface area (Å²) in [6.07, 6.45) is 0. The van der Waals surface area contributed by atoms with Crippen molar-refractivity contribution in [3.05, 3.63) is 17.3 Å². The maximum atomic E-state index is 5.77.